The van der Waals surface area contributed by atoms with Gasteiger partial charge in [0.1, 0.15) is 0 Å². The van der Waals surface area contributed by atoms with Crippen molar-refractivity contribution in [3.63, 3.8) is 0 Å². The smallest absolute Gasteiger partial charge is 0.0463 e. The van der Waals surface area contributed by atoms with Gasteiger partial charge in [-0.1, -0.05) is 20.8 Å². The lowest BCUT2D eigenvalue weighted by Gasteiger charge is -2.12. The molecule has 0 aliphatic heterocycles. The van der Waals surface area contributed by atoms with Crippen LogP contribution in [-0.4, -0.2) is 30.0 Å². The number of hydrogen-bond acceptors (Lipinski definition) is 2. The Bertz CT molecular complexity index is 120. The third kappa shape index (κ3) is 10.7. The minimum absolute atomic E-state index is 0.300. The van der Waals surface area contributed by atoms with E-state index in [0.29, 0.717) is 11.3 Å². The quantitative estimate of drug-likeness (QED) is 0.488. The maximum Gasteiger partial charge on any atom is 0.0463 e. The molecule has 0 rings (SSSR count). The Morgan fingerprint density at radius 2 is 2.07 bits per heavy atom. The second-order valence-electron chi connectivity index (χ2n) is 3.98. The summed E-state index contributed by atoms with van der Waals surface area (Å²) in [6.07, 6.45) is 2.36. The summed E-state index contributed by atoms with van der Waals surface area (Å²) in [5.74, 6) is 3.20. The third-order valence-corrected chi connectivity index (χ3v) is 3.26. The lowest BCUT2D eigenvalue weighted by molar-refractivity contribution is 0.533. The van der Waals surface area contributed by atoms with Crippen molar-refractivity contribution in [2.24, 2.45) is 5.92 Å². The molecule has 14 heavy (non-hydrogen) atoms. The molecule has 1 atom stereocenters. The summed E-state index contributed by atoms with van der Waals surface area (Å²) in [4.78, 5) is 0. The van der Waals surface area contributed by atoms with Gasteiger partial charge in [-0.05, 0) is 36.8 Å². The molecular weight excluding hydrogens is 214 g/mol. The Morgan fingerprint density at radius 3 is 2.64 bits per heavy atom. The highest BCUT2D eigenvalue weighted by Crippen LogP contribution is 2.09. The highest BCUT2D eigenvalue weighted by atomic mass is 35.5. The van der Waals surface area contributed by atoms with Crippen LogP contribution in [0.1, 0.15) is 33.6 Å². The van der Waals surface area contributed by atoms with Crippen LogP contribution < -0.4 is 5.32 Å². The number of thioether (sulfide) groups is 1. The van der Waals surface area contributed by atoms with Crippen LogP contribution >= 0.6 is 23.4 Å². The van der Waals surface area contributed by atoms with Gasteiger partial charge in [-0.3, -0.25) is 0 Å². The van der Waals surface area contributed by atoms with E-state index in [1.165, 1.54) is 17.9 Å². The molecule has 0 saturated heterocycles. The standard InChI is InChI=1S/C11H24ClNS/c1-4-14-7-5-6-13-9-11(12)8-10(2)3/h10-11,13H,4-9H2,1-3H3. The highest BCUT2D eigenvalue weighted by Gasteiger charge is 2.05. The Labute approximate surface area is 98.4 Å². The Kier molecular flexibility index (Phi) is 10.6. The molecule has 0 radical (unpaired) electrons. The highest BCUT2D eigenvalue weighted by molar-refractivity contribution is 7.99. The van der Waals surface area contributed by atoms with Gasteiger partial charge in [-0.25, -0.2) is 0 Å². The first-order chi connectivity index (χ1) is 6.66. The van der Waals surface area contributed by atoms with Gasteiger partial charge in [0.2, 0.25) is 0 Å². The van der Waals surface area contributed by atoms with E-state index in [2.05, 4.69) is 26.1 Å². The van der Waals surface area contributed by atoms with Crippen LogP contribution in [0.25, 0.3) is 0 Å². The Balaban J connectivity index is 3.10. The monoisotopic (exact) mass is 237 g/mol. The fourth-order valence-corrected chi connectivity index (χ4v) is 2.40. The Morgan fingerprint density at radius 1 is 1.36 bits per heavy atom. The van der Waals surface area contributed by atoms with Crippen molar-refractivity contribution in [1.29, 1.82) is 0 Å². The molecule has 0 spiro atoms. The largest absolute Gasteiger partial charge is 0.315 e. The first-order valence-electron chi connectivity index (χ1n) is 5.59. The normalized spacial score (nSPS) is 13.5. The second-order valence-corrected chi connectivity index (χ2v) is 5.99. The van der Waals surface area contributed by atoms with Gasteiger partial charge in [0.05, 0.1) is 0 Å². The first kappa shape index (κ1) is 14.6. The number of halogens is 1. The van der Waals surface area contributed by atoms with E-state index in [9.17, 15) is 0 Å². The van der Waals surface area contributed by atoms with Gasteiger partial charge in [0, 0.05) is 11.9 Å². The third-order valence-electron chi connectivity index (χ3n) is 1.94. The van der Waals surface area contributed by atoms with Gasteiger partial charge in [0.25, 0.3) is 0 Å². The molecule has 0 aromatic carbocycles. The van der Waals surface area contributed by atoms with Crippen LogP contribution in [0.5, 0.6) is 0 Å². The number of rotatable bonds is 9. The molecule has 0 aliphatic rings. The van der Waals surface area contributed by atoms with Crippen molar-refractivity contribution >= 4 is 23.4 Å². The summed E-state index contributed by atoms with van der Waals surface area (Å²) in [7, 11) is 0. The molecular formula is C11H24ClNS. The van der Waals surface area contributed by atoms with Crippen molar-refractivity contribution in [3.8, 4) is 0 Å². The van der Waals surface area contributed by atoms with Crippen LogP contribution in [0.4, 0.5) is 0 Å². The first-order valence-corrected chi connectivity index (χ1v) is 7.18. The molecule has 0 aliphatic carbocycles. The molecule has 0 amide bonds. The maximum atomic E-state index is 6.15. The summed E-state index contributed by atoms with van der Waals surface area (Å²) < 4.78 is 0. The summed E-state index contributed by atoms with van der Waals surface area (Å²) in [6.45, 7) is 8.70. The molecule has 1 nitrogen and oxygen atoms in total. The molecule has 3 heteroatoms. The number of hydrogen-bond donors (Lipinski definition) is 1. The van der Waals surface area contributed by atoms with Crippen molar-refractivity contribution in [1.82, 2.24) is 5.32 Å². The van der Waals surface area contributed by atoms with Crippen LogP contribution in [0.2, 0.25) is 0 Å². The van der Waals surface area contributed by atoms with Crippen molar-refractivity contribution < 1.29 is 0 Å². The van der Waals surface area contributed by atoms with Crippen molar-refractivity contribution in [2.75, 3.05) is 24.6 Å². The van der Waals surface area contributed by atoms with Gasteiger partial charge in [-0.15, -0.1) is 11.6 Å². The van der Waals surface area contributed by atoms with Crippen molar-refractivity contribution in [3.05, 3.63) is 0 Å². The number of nitrogens with one attached hydrogen (secondary N) is 1. The second kappa shape index (κ2) is 10.1. The molecule has 0 fully saturated rings. The van der Waals surface area contributed by atoms with Crippen LogP contribution in [0.3, 0.4) is 0 Å². The van der Waals surface area contributed by atoms with E-state index >= 15 is 0 Å². The zero-order valence-corrected chi connectivity index (χ0v) is 11.3. The fourth-order valence-electron chi connectivity index (χ4n) is 1.30. The zero-order chi connectivity index (χ0) is 10.8. The summed E-state index contributed by atoms with van der Waals surface area (Å²) in [5, 5.41) is 3.70. The van der Waals surface area contributed by atoms with E-state index in [4.69, 9.17) is 11.6 Å². The molecule has 0 aromatic heterocycles. The van der Waals surface area contributed by atoms with E-state index in [0.717, 1.165) is 19.5 Å². The zero-order valence-electron chi connectivity index (χ0n) is 9.68. The molecule has 86 valence electrons. The van der Waals surface area contributed by atoms with E-state index < -0.39 is 0 Å². The fraction of sp³-hybridized carbons (Fsp3) is 1.00. The van der Waals surface area contributed by atoms with Gasteiger partial charge in [0.15, 0.2) is 0 Å². The average molecular weight is 238 g/mol. The van der Waals surface area contributed by atoms with E-state index in [1.54, 1.807) is 0 Å². The summed E-state index contributed by atoms with van der Waals surface area (Å²) in [5.41, 5.74) is 0. The predicted octanol–water partition coefficient (Wildman–Crippen LogP) is 3.37. The summed E-state index contributed by atoms with van der Waals surface area (Å²) >= 11 is 8.15. The number of alkyl halides is 1. The van der Waals surface area contributed by atoms with E-state index in [1.807, 2.05) is 11.8 Å². The maximum absolute atomic E-state index is 6.15. The SMILES string of the molecule is CCSCCCNCC(Cl)CC(C)C. The predicted molar refractivity (Wildman–Crippen MR) is 69.6 cm³/mol. The van der Waals surface area contributed by atoms with Crippen molar-refractivity contribution in [2.45, 2.75) is 39.0 Å². The summed E-state index contributed by atoms with van der Waals surface area (Å²) in [6, 6.07) is 0. The van der Waals surface area contributed by atoms with Gasteiger partial charge in [-0.2, -0.15) is 11.8 Å². The topological polar surface area (TPSA) is 12.0 Å². The minimum Gasteiger partial charge on any atom is -0.315 e. The van der Waals surface area contributed by atoms with Crippen LogP contribution in [0, 0.1) is 5.92 Å². The van der Waals surface area contributed by atoms with Gasteiger partial charge < -0.3 is 5.32 Å². The molecule has 0 aromatic rings. The molecule has 1 unspecified atom stereocenters. The Hall–Kier alpha value is 0.600. The lowest BCUT2D eigenvalue weighted by Crippen LogP contribution is -2.25. The molecule has 1 N–H and O–H groups in total. The van der Waals surface area contributed by atoms with Crippen LogP contribution in [-0.2, 0) is 0 Å². The average Bonchev–Trinajstić information content (AvgIpc) is 2.10. The van der Waals surface area contributed by atoms with Crippen LogP contribution in [0.15, 0.2) is 0 Å². The molecule has 0 bridgehead atoms. The van der Waals surface area contributed by atoms with Gasteiger partial charge >= 0.3 is 0 Å². The minimum atomic E-state index is 0.300. The molecule has 0 saturated carbocycles. The van der Waals surface area contributed by atoms with E-state index in [-0.39, 0.29) is 0 Å². The lowest BCUT2D eigenvalue weighted by atomic mass is 10.1. The molecule has 0 heterocycles.